The molecule has 6 nitrogen and oxygen atoms in total. The maximum absolute atomic E-state index is 11.0. The van der Waals surface area contributed by atoms with Crippen molar-refractivity contribution >= 4 is 11.8 Å². The fraction of sp³-hybridized carbons (Fsp3) is 0.455. The van der Waals surface area contributed by atoms with Crippen molar-refractivity contribution in [2.24, 2.45) is 0 Å². The van der Waals surface area contributed by atoms with Crippen LogP contribution < -0.4 is 5.32 Å². The van der Waals surface area contributed by atoms with Gasteiger partial charge < -0.3 is 10.4 Å². The maximum atomic E-state index is 11.0. The lowest BCUT2D eigenvalue weighted by molar-refractivity contribution is -0.138. The molecule has 0 spiro atoms. The minimum absolute atomic E-state index is 0.107. The third-order valence-corrected chi connectivity index (χ3v) is 2.26. The second-order valence-corrected chi connectivity index (χ2v) is 3.54. The van der Waals surface area contributed by atoms with Crippen molar-refractivity contribution in [1.82, 2.24) is 9.97 Å². The van der Waals surface area contributed by atoms with Crippen molar-refractivity contribution in [3.8, 4) is 6.07 Å². The first-order valence-corrected chi connectivity index (χ1v) is 5.39. The van der Waals surface area contributed by atoms with Crippen LogP contribution in [0, 0.1) is 11.3 Å². The van der Waals surface area contributed by atoms with Crippen LogP contribution in [0.25, 0.3) is 0 Å². The molecule has 0 amide bonds. The van der Waals surface area contributed by atoms with Gasteiger partial charge >= 0.3 is 5.97 Å². The minimum atomic E-state index is -0.951. The van der Waals surface area contributed by atoms with E-state index in [4.69, 9.17) is 10.4 Å². The topological polar surface area (TPSA) is 98.9 Å². The average Bonchev–Trinajstić information content (AvgIpc) is 2.34. The molecule has 1 unspecified atom stereocenters. The predicted octanol–water partition coefficient (Wildman–Crippen LogP) is 1.40. The van der Waals surface area contributed by atoms with Crippen molar-refractivity contribution < 1.29 is 9.90 Å². The largest absolute Gasteiger partial charge is 0.480 e. The summed E-state index contributed by atoms with van der Waals surface area (Å²) in [5, 5.41) is 20.6. The number of nitrogens with zero attached hydrogens (tertiary/aromatic N) is 3. The number of anilines is 1. The summed E-state index contributed by atoms with van der Waals surface area (Å²) in [6.07, 6.45) is 5.02. The van der Waals surface area contributed by atoms with Gasteiger partial charge in [0.1, 0.15) is 12.1 Å². The lowest BCUT2D eigenvalue weighted by Crippen LogP contribution is -2.30. The number of unbranched alkanes of at least 4 members (excludes halogenated alkanes) is 1. The monoisotopic (exact) mass is 234 g/mol. The van der Waals surface area contributed by atoms with Crippen molar-refractivity contribution in [3.63, 3.8) is 0 Å². The zero-order valence-electron chi connectivity index (χ0n) is 9.55. The molecule has 6 heteroatoms. The Balaban J connectivity index is 2.79. The molecule has 0 saturated carbocycles. The third kappa shape index (κ3) is 3.72. The number of hydrogen-bond acceptors (Lipinski definition) is 5. The Labute approximate surface area is 99.3 Å². The number of nitriles is 1. The summed E-state index contributed by atoms with van der Waals surface area (Å²) in [6, 6.07) is 1.13. The molecule has 1 heterocycles. The molecule has 1 aromatic rings. The van der Waals surface area contributed by atoms with E-state index in [-0.39, 0.29) is 11.5 Å². The quantitative estimate of drug-likeness (QED) is 0.771. The van der Waals surface area contributed by atoms with Crippen LogP contribution in [0.3, 0.4) is 0 Å². The second-order valence-electron chi connectivity index (χ2n) is 3.54. The van der Waals surface area contributed by atoms with Gasteiger partial charge in [-0.3, -0.25) is 0 Å². The van der Waals surface area contributed by atoms with Gasteiger partial charge in [-0.25, -0.2) is 14.8 Å². The van der Waals surface area contributed by atoms with Gasteiger partial charge in [-0.1, -0.05) is 19.8 Å². The van der Waals surface area contributed by atoms with Crippen molar-refractivity contribution in [2.45, 2.75) is 32.2 Å². The fourth-order valence-corrected chi connectivity index (χ4v) is 1.36. The van der Waals surface area contributed by atoms with E-state index in [1.54, 1.807) is 0 Å². The van der Waals surface area contributed by atoms with E-state index in [1.165, 1.54) is 12.4 Å². The van der Waals surface area contributed by atoms with E-state index in [0.29, 0.717) is 6.42 Å². The second kappa shape index (κ2) is 6.43. The molecule has 2 N–H and O–H groups in total. The predicted molar refractivity (Wildman–Crippen MR) is 61.3 cm³/mol. The first-order valence-electron chi connectivity index (χ1n) is 5.39. The molecule has 0 aliphatic carbocycles. The Kier molecular flexibility index (Phi) is 4.88. The Bertz CT molecular complexity index is 428. The van der Waals surface area contributed by atoms with E-state index < -0.39 is 12.0 Å². The van der Waals surface area contributed by atoms with Crippen LogP contribution in [0.5, 0.6) is 0 Å². The van der Waals surface area contributed by atoms with Crippen LogP contribution >= 0.6 is 0 Å². The maximum Gasteiger partial charge on any atom is 0.326 e. The number of rotatable bonds is 6. The molecule has 0 aliphatic rings. The number of carboxylic acid groups (broad SMARTS) is 1. The highest BCUT2D eigenvalue weighted by molar-refractivity contribution is 5.77. The van der Waals surface area contributed by atoms with E-state index in [2.05, 4.69) is 15.3 Å². The summed E-state index contributed by atoms with van der Waals surface area (Å²) in [6.45, 7) is 1.99. The van der Waals surface area contributed by atoms with Gasteiger partial charge in [0.05, 0.1) is 0 Å². The number of carbonyl (C=O) groups is 1. The molecular formula is C11H14N4O2. The molecule has 1 rings (SSSR count). The molecule has 0 saturated heterocycles. The van der Waals surface area contributed by atoms with Crippen LogP contribution in [0.4, 0.5) is 5.82 Å². The number of hydrogen-bond donors (Lipinski definition) is 2. The van der Waals surface area contributed by atoms with Gasteiger partial charge in [0.15, 0.2) is 11.5 Å². The number of aliphatic carboxylic acids is 1. The van der Waals surface area contributed by atoms with Crippen molar-refractivity contribution in [1.29, 1.82) is 5.26 Å². The number of aromatic nitrogens is 2. The number of carboxylic acids is 1. The first-order chi connectivity index (χ1) is 8.19. The molecule has 0 bridgehead atoms. The summed E-state index contributed by atoms with van der Waals surface area (Å²) in [5.41, 5.74) is 0.107. The van der Waals surface area contributed by atoms with Gasteiger partial charge in [0.2, 0.25) is 0 Å². The minimum Gasteiger partial charge on any atom is -0.480 e. The summed E-state index contributed by atoms with van der Waals surface area (Å²) >= 11 is 0. The summed E-state index contributed by atoms with van der Waals surface area (Å²) in [4.78, 5) is 18.7. The molecule has 90 valence electrons. The zero-order valence-corrected chi connectivity index (χ0v) is 9.55. The fourth-order valence-electron chi connectivity index (χ4n) is 1.36. The van der Waals surface area contributed by atoms with Gasteiger partial charge in [-0.2, -0.15) is 5.26 Å². The normalized spacial score (nSPS) is 11.5. The van der Waals surface area contributed by atoms with Crippen molar-refractivity contribution in [3.05, 3.63) is 18.1 Å². The SMILES string of the molecule is CCCCC(Nc1nccnc1C#N)C(=O)O. The molecule has 17 heavy (non-hydrogen) atoms. The van der Waals surface area contributed by atoms with Gasteiger partial charge in [0.25, 0.3) is 0 Å². The third-order valence-electron chi connectivity index (χ3n) is 2.26. The summed E-state index contributed by atoms with van der Waals surface area (Å²) in [5.74, 6) is -0.730. The molecule has 0 aliphatic heterocycles. The first kappa shape index (κ1) is 12.9. The summed E-state index contributed by atoms with van der Waals surface area (Å²) in [7, 11) is 0. The Hall–Kier alpha value is -2.16. The molecule has 0 fully saturated rings. The molecule has 1 atom stereocenters. The van der Waals surface area contributed by atoms with Gasteiger partial charge in [-0.05, 0) is 6.42 Å². The molecule has 1 aromatic heterocycles. The Morgan fingerprint density at radius 1 is 1.59 bits per heavy atom. The Morgan fingerprint density at radius 2 is 2.29 bits per heavy atom. The van der Waals surface area contributed by atoms with Crippen LogP contribution in [-0.2, 0) is 4.79 Å². The molecule has 0 aromatic carbocycles. The van der Waals surface area contributed by atoms with Gasteiger partial charge in [-0.15, -0.1) is 0 Å². The number of nitrogens with one attached hydrogen (secondary N) is 1. The van der Waals surface area contributed by atoms with E-state index in [9.17, 15) is 4.79 Å². The van der Waals surface area contributed by atoms with E-state index >= 15 is 0 Å². The van der Waals surface area contributed by atoms with E-state index in [0.717, 1.165) is 12.8 Å². The van der Waals surface area contributed by atoms with Crippen LogP contribution in [0.1, 0.15) is 31.9 Å². The highest BCUT2D eigenvalue weighted by Gasteiger charge is 2.18. The van der Waals surface area contributed by atoms with E-state index in [1.807, 2.05) is 13.0 Å². The van der Waals surface area contributed by atoms with Crippen LogP contribution in [0.2, 0.25) is 0 Å². The Morgan fingerprint density at radius 3 is 2.88 bits per heavy atom. The van der Waals surface area contributed by atoms with Crippen LogP contribution in [-0.4, -0.2) is 27.1 Å². The lowest BCUT2D eigenvalue weighted by atomic mass is 10.1. The highest BCUT2D eigenvalue weighted by atomic mass is 16.4. The van der Waals surface area contributed by atoms with Gasteiger partial charge in [0, 0.05) is 12.4 Å². The standard InChI is InChI=1S/C11H14N4O2/c1-2-3-4-8(11(16)17)15-10-9(7-12)13-5-6-14-10/h5-6,8H,2-4H2,1H3,(H,14,15)(H,16,17). The molecule has 0 radical (unpaired) electrons. The smallest absolute Gasteiger partial charge is 0.326 e. The highest BCUT2D eigenvalue weighted by Crippen LogP contribution is 2.11. The average molecular weight is 234 g/mol. The van der Waals surface area contributed by atoms with Crippen molar-refractivity contribution in [2.75, 3.05) is 5.32 Å². The zero-order chi connectivity index (χ0) is 12.7. The van der Waals surface area contributed by atoms with Crippen LogP contribution in [0.15, 0.2) is 12.4 Å². The summed E-state index contributed by atoms with van der Waals surface area (Å²) < 4.78 is 0. The lowest BCUT2D eigenvalue weighted by Gasteiger charge is -2.14. The molecular weight excluding hydrogens is 220 g/mol.